The van der Waals surface area contributed by atoms with Crippen LogP contribution >= 0.6 is 0 Å². The zero-order valence-electron chi connectivity index (χ0n) is 22.4. The summed E-state index contributed by atoms with van der Waals surface area (Å²) in [4.78, 5) is 49.8. The Balaban J connectivity index is 1.34. The number of anilines is 3. The van der Waals surface area contributed by atoms with E-state index in [9.17, 15) is 19.6 Å². The smallest absolute Gasteiger partial charge is 0.328 e. The fourth-order valence-corrected chi connectivity index (χ4v) is 5.29. The average molecular weight is 550 g/mol. The van der Waals surface area contributed by atoms with E-state index in [2.05, 4.69) is 26.7 Å². The first-order valence-corrected chi connectivity index (χ1v) is 13.1. The molecule has 13 nitrogen and oxygen atoms in total. The van der Waals surface area contributed by atoms with Gasteiger partial charge in [-0.25, -0.2) is 14.8 Å². The molecule has 5 heterocycles. The van der Waals surface area contributed by atoms with E-state index in [0.717, 1.165) is 5.56 Å². The van der Waals surface area contributed by atoms with Crippen LogP contribution in [0.1, 0.15) is 40.0 Å². The van der Waals surface area contributed by atoms with E-state index in [4.69, 9.17) is 14.2 Å². The zero-order chi connectivity index (χ0) is 28.2. The molecule has 5 rings (SSSR count). The van der Waals surface area contributed by atoms with Crippen molar-refractivity contribution in [2.24, 2.45) is 0 Å². The first-order chi connectivity index (χ1) is 19.4. The standard InChI is InChI=1S/C27H31N7O6/c1-38-22-5-7-33(26(22)36)12-17-8-16-4-3-6-34(25(16)31-20(17)13-35)27(37)32-24-9-19(18(10-28)11-29-24)30-21-14-40-15-23(21)39-2/h8-9,11,13,21-23H,3-7,12,14-15H2,1-2H3,(H2,29,30,32,37)/t21-,22-,23-/m0/s1. The molecule has 2 saturated heterocycles. The Morgan fingerprint density at radius 1 is 1.27 bits per heavy atom. The number of carbonyl (C=O) groups is 3. The van der Waals surface area contributed by atoms with Crippen LogP contribution in [0.5, 0.6) is 0 Å². The number of nitrogens with one attached hydrogen (secondary N) is 2. The van der Waals surface area contributed by atoms with Gasteiger partial charge in [0.15, 0.2) is 6.29 Å². The van der Waals surface area contributed by atoms with Crippen molar-refractivity contribution in [2.75, 3.05) is 56.1 Å². The molecule has 0 aliphatic carbocycles. The Kier molecular flexibility index (Phi) is 8.20. The number of hydrogen-bond donors (Lipinski definition) is 2. The Labute approximate surface area is 231 Å². The van der Waals surface area contributed by atoms with E-state index in [-0.39, 0.29) is 36.1 Å². The Morgan fingerprint density at radius 3 is 2.85 bits per heavy atom. The van der Waals surface area contributed by atoms with Gasteiger partial charge in [-0.1, -0.05) is 0 Å². The molecule has 0 spiro atoms. The summed E-state index contributed by atoms with van der Waals surface area (Å²) >= 11 is 0. The van der Waals surface area contributed by atoms with Crippen LogP contribution in [0, 0.1) is 11.3 Å². The summed E-state index contributed by atoms with van der Waals surface area (Å²) in [5.74, 6) is 0.536. The molecule has 0 unspecified atom stereocenters. The number of methoxy groups -OCH3 is 2. The van der Waals surface area contributed by atoms with Crippen LogP contribution in [-0.4, -0.2) is 91.9 Å². The number of aromatic nitrogens is 2. The van der Waals surface area contributed by atoms with Crippen LogP contribution in [0.25, 0.3) is 0 Å². The van der Waals surface area contributed by atoms with Gasteiger partial charge < -0.3 is 24.4 Å². The van der Waals surface area contributed by atoms with Gasteiger partial charge >= 0.3 is 6.03 Å². The SMILES string of the molecule is CO[C@H]1CCN(Cc2cc3c(nc2C=O)N(C(=O)Nc2cc(N[C@H]4COC[C@@H]4OC)c(C#N)cn2)CCC3)C1=O. The number of aryl methyl sites for hydroxylation is 1. The molecule has 3 aliphatic rings. The van der Waals surface area contributed by atoms with Crippen molar-refractivity contribution in [2.45, 2.75) is 44.1 Å². The fourth-order valence-electron chi connectivity index (χ4n) is 5.29. The van der Waals surface area contributed by atoms with Gasteiger partial charge in [-0.3, -0.25) is 19.8 Å². The second kappa shape index (κ2) is 12.0. The average Bonchev–Trinajstić information content (AvgIpc) is 3.57. The number of hydrogen-bond acceptors (Lipinski definition) is 10. The first kappa shape index (κ1) is 27.4. The van der Waals surface area contributed by atoms with E-state index in [1.165, 1.54) is 18.2 Å². The topological polar surface area (TPSA) is 159 Å². The normalized spacial score (nSPS) is 22.1. The molecule has 3 atom stereocenters. The van der Waals surface area contributed by atoms with Crippen LogP contribution < -0.4 is 15.5 Å². The lowest BCUT2D eigenvalue weighted by Gasteiger charge is -2.29. The van der Waals surface area contributed by atoms with Crippen LogP contribution in [-0.2, 0) is 32.0 Å². The predicted molar refractivity (Wildman–Crippen MR) is 143 cm³/mol. The molecule has 210 valence electrons. The number of urea groups is 1. The van der Waals surface area contributed by atoms with Crippen molar-refractivity contribution in [3.8, 4) is 6.07 Å². The number of fused-ring (bicyclic) bond motifs is 1. The van der Waals surface area contributed by atoms with E-state index in [1.54, 1.807) is 18.1 Å². The van der Waals surface area contributed by atoms with E-state index >= 15 is 0 Å². The molecule has 13 heteroatoms. The van der Waals surface area contributed by atoms with Crippen LogP contribution in [0.2, 0.25) is 0 Å². The Morgan fingerprint density at radius 2 is 2.12 bits per heavy atom. The largest absolute Gasteiger partial charge is 0.377 e. The lowest BCUT2D eigenvalue weighted by atomic mass is 10.0. The van der Waals surface area contributed by atoms with Crippen molar-refractivity contribution < 1.29 is 28.6 Å². The number of amides is 3. The maximum absolute atomic E-state index is 13.4. The van der Waals surface area contributed by atoms with Crippen molar-refractivity contribution in [3.05, 3.63) is 40.7 Å². The van der Waals surface area contributed by atoms with Gasteiger partial charge in [0.25, 0.3) is 5.91 Å². The predicted octanol–water partition coefficient (Wildman–Crippen LogP) is 1.72. The molecule has 2 N–H and O–H groups in total. The maximum Gasteiger partial charge on any atom is 0.328 e. The van der Waals surface area contributed by atoms with Gasteiger partial charge in [-0.2, -0.15) is 5.26 Å². The number of rotatable bonds is 8. The van der Waals surface area contributed by atoms with Crippen molar-refractivity contribution in [1.82, 2.24) is 14.9 Å². The number of nitriles is 1. The Hall–Kier alpha value is -4.12. The van der Waals surface area contributed by atoms with Crippen LogP contribution in [0.4, 0.5) is 22.1 Å². The van der Waals surface area contributed by atoms with E-state index in [0.29, 0.717) is 74.5 Å². The fraction of sp³-hybridized carbons (Fsp3) is 0.481. The number of carbonyl (C=O) groups excluding carboxylic acids is 3. The summed E-state index contributed by atoms with van der Waals surface area (Å²) in [6.07, 6.45) is 3.38. The van der Waals surface area contributed by atoms with Gasteiger partial charge in [0.1, 0.15) is 35.6 Å². The molecule has 2 aromatic rings. The second-order valence-corrected chi connectivity index (χ2v) is 9.88. The molecule has 40 heavy (non-hydrogen) atoms. The number of likely N-dealkylation sites (tertiary alicyclic amines) is 1. The molecule has 0 aromatic carbocycles. The van der Waals surface area contributed by atoms with Gasteiger partial charge in [0.05, 0.1) is 30.5 Å². The van der Waals surface area contributed by atoms with Crippen LogP contribution in [0.3, 0.4) is 0 Å². The summed E-state index contributed by atoms with van der Waals surface area (Å²) < 4.78 is 16.1. The van der Waals surface area contributed by atoms with Crippen molar-refractivity contribution in [1.29, 1.82) is 5.26 Å². The van der Waals surface area contributed by atoms with E-state index in [1.807, 2.05) is 6.07 Å². The second-order valence-electron chi connectivity index (χ2n) is 9.88. The molecule has 0 bridgehead atoms. The minimum Gasteiger partial charge on any atom is -0.377 e. The zero-order valence-corrected chi connectivity index (χ0v) is 22.4. The van der Waals surface area contributed by atoms with Crippen molar-refractivity contribution in [3.63, 3.8) is 0 Å². The summed E-state index contributed by atoms with van der Waals surface area (Å²) in [5.41, 5.74) is 2.46. The summed E-state index contributed by atoms with van der Waals surface area (Å²) in [5, 5.41) is 15.6. The van der Waals surface area contributed by atoms with Crippen molar-refractivity contribution >= 4 is 35.5 Å². The molecule has 0 radical (unpaired) electrons. The van der Waals surface area contributed by atoms with E-state index < -0.39 is 12.1 Å². The molecule has 3 amide bonds. The Bertz CT molecular complexity index is 1350. The van der Waals surface area contributed by atoms with Gasteiger partial charge in [-0.05, 0) is 24.5 Å². The molecule has 2 fully saturated rings. The number of nitrogens with zero attached hydrogens (tertiary/aromatic N) is 5. The third-order valence-corrected chi connectivity index (χ3v) is 7.46. The molecular formula is C27H31N7O6. The minimum atomic E-state index is -0.469. The van der Waals surface area contributed by atoms with Gasteiger partial charge in [0, 0.05) is 58.1 Å². The highest BCUT2D eigenvalue weighted by atomic mass is 16.5. The van der Waals surface area contributed by atoms with Gasteiger partial charge in [0.2, 0.25) is 0 Å². The summed E-state index contributed by atoms with van der Waals surface area (Å²) in [6.45, 7) is 2.05. The quantitative estimate of drug-likeness (QED) is 0.464. The summed E-state index contributed by atoms with van der Waals surface area (Å²) in [7, 11) is 3.11. The first-order valence-electron chi connectivity index (χ1n) is 13.1. The number of aldehydes is 1. The number of pyridine rings is 2. The summed E-state index contributed by atoms with van der Waals surface area (Å²) in [6, 6.07) is 4.94. The molecular weight excluding hydrogens is 518 g/mol. The van der Waals surface area contributed by atoms with Crippen LogP contribution in [0.15, 0.2) is 18.3 Å². The molecule has 3 aliphatic heterocycles. The third-order valence-electron chi connectivity index (χ3n) is 7.46. The highest BCUT2D eigenvalue weighted by Crippen LogP contribution is 2.30. The third kappa shape index (κ3) is 5.46. The lowest BCUT2D eigenvalue weighted by Crippen LogP contribution is -2.40. The maximum atomic E-state index is 13.4. The highest BCUT2D eigenvalue weighted by molar-refractivity contribution is 6.02. The molecule has 0 saturated carbocycles. The molecule has 2 aromatic heterocycles. The minimum absolute atomic E-state index is 0.111. The monoisotopic (exact) mass is 549 g/mol. The van der Waals surface area contributed by atoms with Gasteiger partial charge in [-0.15, -0.1) is 0 Å². The number of ether oxygens (including phenoxy) is 3. The highest BCUT2D eigenvalue weighted by Gasteiger charge is 2.33. The lowest BCUT2D eigenvalue weighted by molar-refractivity contribution is -0.136.